The third kappa shape index (κ3) is 5.07. The van der Waals surface area contributed by atoms with Crippen LogP contribution in [-0.2, 0) is 35.6 Å². The van der Waals surface area contributed by atoms with E-state index in [2.05, 4.69) is 0 Å². The molecule has 42 heavy (non-hydrogen) atoms. The summed E-state index contributed by atoms with van der Waals surface area (Å²) >= 11 is 14.2. The quantitative estimate of drug-likeness (QED) is 0.296. The Labute approximate surface area is 259 Å². The molecule has 0 radical (unpaired) electrons. The number of carbonyl (C=O) groups excluding carboxylic acids is 1. The number of carbonyl (C=O) groups is 1. The summed E-state index contributed by atoms with van der Waals surface area (Å²) in [5, 5.41) is 1.03. The zero-order chi connectivity index (χ0) is 29.9. The van der Waals surface area contributed by atoms with E-state index in [0.29, 0.717) is 33.3 Å². The molecule has 6 rings (SSSR count). The second kappa shape index (κ2) is 11.1. The van der Waals surface area contributed by atoms with Crippen molar-refractivity contribution < 1.29 is 26.0 Å². The van der Waals surface area contributed by atoms with E-state index in [1.54, 1.807) is 23.1 Å². The number of rotatable bonds is 5. The maximum atomic E-state index is 14.6. The number of likely N-dealkylation sites (tertiary alicyclic amines) is 1. The molecule has 2 aliphatic heterocycles. The zero-order valence-electron chi connectivity index (χ0n) is 22.4. The molecule has 1 amide bonds. The van der Waals surface area contributed by atoms with Crippen molar-refractivity contribution in [1.29, 1.82) is 0 Å². The van der Waals surface area contributed by atoms with Crippen LogP contribution in [0.1, 0.15) is 36.8 Å². The van der Waals surface area contributed by atoms with E-state index in [9.17, 15) is 26.0 Å². The summed E-state index contributed by atoms with van der Waals surface area (Å²) in [7, 11) is -7.26. The summed E-state index contributed by atoms with van der Waals surface area (Å²) in [6.07, 6.45) is 1.64. The van der Waals surface area contributed by atoms with Crippen molar-refractivity contribution in [3.05, 3.63) is 87.7 Å². The van der Waals surface area contributed by atoms with Crippen LogP contribution < -0.4 is 0 Å². The highest BCUT2D eigenvalue weighted by Crippen LogP contribution is 2.54. The van der Waals surface area contributed by atoms with Gasteiger partial charge in [-0.05, 0) is 91.8 Å². The van der Waals surface area contributed by atoms with E-state index in [1.807, 2.05) is 18.2 Å². The van der Waals surface area contributed by atoms with Gasteiger partial charge in [-0.15, -0.1) is 0 Å². The molecule has 3 aromatic rings. The summed E-state index contributed by atoms with van der Waals surface area (Å²) in [6, 6.07) is 15.1. The number of sulfone groups is 2. The van der Waals surface area contributed by atoms with Crippen LogP contribution in [0.15, 0.2) is 75.4 Å². The van der Waals surface area contributed by atoms with E-state index in [4.69, 9.17) is 23.2 Å². The van der Waals surface area contributed by atoms with Gasteiger partial charge in [-0.2, -0.15) is 0 Å². The van der Waals surface area contributed by atoms with Gasteiger partial charge in [0.15, 0.2) is 9.84 Å². The van der Waals surface area contributed by atoms with Crippen molar-refractivity contribution in [1.82, 2.24) is 4.90 Å². The van der Waals surface area contributed by atoms with E-state index in [1.165, 1.54) is 23.9 Å². The third-order valence-corrected chi connectivity index (χ3v) is 15.0. The Balaban J connectivity index is 1.42. The molecular formula is C30H28Cl2FNO5S3. The second-order valence-electron chi connectivity index (χ2n) is 11.1. The van der Waals surface area contributed by atoms with Crippen LogP contribution in [0.4, 0.5) is 4.39 Å². The van der Waals surface area contributed by atoms with Gasteiger partial charge >= 0.3 is 0 Å². The fourth-order valence-electron chi connectivity index (χ4n) is 6.72. The average Bonchev–Trinajstić information content (AvgIpc) is 3.36. The number of benzene rings is 3. The fraction of sp³-hybridized carbons (Fsp3) is 0.367. The Kier molecular flexibility index (Phi) is 7.92. The van der Waals surface area contributed by atoms with Gasteiger partial charge in [0.25, 0.3) is 0 Å². The van der Waals surface area contributed by atoms with Gasteiger partial charge in [0, 0.05) is 22.3 Å². The van der Waals surface area contributed by atoms with Crippen molar-refractivity contribution >= 4 is 60.5 Å². The first kappa shape index (κ1) is 29.9. The predicted octanol–water partition coefficient (Wildman–Crippen LogP) is 6.32. The van der Waals surface area contributed by atoms with Gasteiger partial charge in [-0.1, -0.05) is 47.1 Å². The molecule has 12 heteroatoms. The molecule has 0 spiro atoms. The maximum Gasteiger partial charge on any atom is 0.226 e. The van der Waals surface area contributed by atoms with Crippen LogP contribution in [0.3, 0.4) is 0 Å². The Morgan fingerprint density at radius 1 is 0.976 bits per heavy atom. The Morgan fingerprint density at radius 2 is 1.64 bits per heavy atom. The number of amides is 1. The molecule has 6 nitrogen and oxygen atoms in total. The highest BCUT2D eigenvalue weighted by molar-refractivity contribution is 7.99. The number of fused-ring (bicyclic) bond motifs is 3. The Morgan fingerprint density at radius 3 is 2.31 bits per heavy atom. The smallest absolute Gasteiger partial charge is 0.226 e. The zero-order valence-corrected chi connectivity index (χ0v) is 26.4. The van der Waals surface area contributed by atoms with Crippen molar-refractivity contribution in [2.45, 2.75) is 57.6 Å². The molecule has 3 aromatic carbocycles. The first-order valence-corrected chi connectivity index (χ1v) is 18.6. The van der Waals surface area contributed by atoms with E-state index in [0.717, 1.165) is 22.6 Å². The summed E-state index contributed by atoms with van der Waals surface area (Å²) in [5.41, 5.74) is 1.50. The molecule has 2 fully saturated rings. The van der Waals surface area contributed by atoms with Gasteiger partial charge in [0.2, 0.25) is 5.91 Å². The SMILES string of the molecule is O=C(C1CCS(=O)(=O)CC1)N1CC[C@@]2(S(=O)(=O)c3ccc(F)cc3)c3ccc(Sc4c(Cl)cccc4Cl)cc3CC[C@@H]12. The molecule has 2 heterocycles. The van der Waals surface area contributed by atoms with E-state index in [-0.39, 0.29) is 48.1 Å². The molecule has 0 bridgehead atoms. The minimum Gasteiger partial charge on any atom is -0.337 e. The second-order valence-corrected chi connectivity index (χ2v) is 17.5. The summed E-state index contributed by atoms with van der Waals surface area (Å²) in [4.78, 5) is 17.0. The van der Waals surface area contributed by atoms with Crippen LogP contribution >= 0.6 is 35.0 Å². The number of hydrogen-bond donors (Lipinski definition) is 0. The summed E-state index contributed by atoms with van der Waals surface area (Å²) in [5.74, 6) is -1.27. The van der Waals surface area contributed by atoms with Crippen molar-refractivity contribution in [3.8, 4) is 0 Å². The first-order valence-electron chi connectivity index (χ1n) is 13.7. The molecule has 222 valence electrons. The predicted molar refractivity (Wildman–Crippen MR) is 162 cm³/mol. The van der Waals surface area contributed by atoms with Crippen LogP contribution in [0.2, 0.25) is 10.0 Å². The van der Waals surface area contributed by atoms with Gasteiger partial charge in [0.1, 0.15) is 20.4 Å². The highest BCUT2D eigenvalue weighted by atomic mass is 35.5. The highest BCUT2D eigenvalue weighted by Gasteiger charge is 2.61. The van der Waals surface area contributed by atoms with Crippen LogP contribution in [0.25, 0.3) is 0 Å². The Bertz CT molecular complexity index is 1750. The summed E-state index contributed by atoms with van der Waals surface area (Å²) in [6.45, 7) is 0.234. The van der Waals surface area contributed by atoms with Gasteiger partial charge in [-0.3, -0.25) is 4.79 Å². The molecule has 2 atom stereocenters. The van der Waals surface area contributed by atoms with Gasteiger partial charge in [0.05, 0.1) is 32.5 Å². The van der Waals surface area contributed by atoms with Crippen molar-refractivity contribution in [2.24, 2.45) is 5.92 Å². The lowest BCUT2D eigenvalue weighted by Crippen LogP contribution is -2.53. The number of hydrogen-bond acceptors (Lipinski definition) is 6. The number of halogens is 3. The van der Waals surface area contributed by atoms with E-state index < -0.39 is 42.2 Å². The minimum absolute atomic E-state index is 0.00103. The molecule has 0 saturated carbocycles. The normalized spacial score (nSPS) is 23.8. The van der Waals surface area contributed by atoms with Gasteiger partial charge in [-0.25, -0.2) is 21.2 Å². The Hall–Kier alpha value is -2.11. The molecule has 3 aliphatic rings. The van der Waals surface area contributed by atoms with Crippen LogP contribution in [0.5, 0.6) is 0 Å². The lowest BCUT2D eigenvalue weighted by Gasteiger charge is -2.43. The average molecular weight is 669 g/mol. The van der Waals surface area contributed by atoms with Gasteiger partial charge < -0.3 is 4.90 Å². The molecular weight excluding hydrogens is 640 g/mol. The molecule has 0 unspecified atom stereocenters. The third-order valence-electron chi connectivity index (χ3n) is 8.79. The fourth-order valence-corrected chi connectivity index (χ4v) is 12.1. The largest absolute Gasteiger partial charge is 0.337 e. The number of aryl methyl sites for hydroxylation is 1. The lowest BCUT2D eigenvalue weighted by molar-refractivity contribution is -0.137. The molecule has 0 N–H and O–H groups in total. The first-order chi connectivity index (χ1) is 19.9. The topological polar surface area (TPSA) is 88.6 Å². The molecule has 2 saturated heterocycles. The standard InChI is InChI=1S/C30H28Cl2FNO5S3/c31-25-2-1-3-26(32)28(25)40-22-7-10-24-20(18-22)4-11-27-30(24,42(38,39)23-8-5-21(33)6-9-23)14-15-34(27)29(35)19-12-16-41(36,37)17-13-19/h1-3,5-10,18-19,27H,4,11-17H2/t27-,30-/m1/s1. The van der Waals surface area contributed by atoms with E-state index >= 15 is 0 Å². The monoisotopic (exact) mass is 667 g/mol. The van der Waals surface area contributed by atoms with Crippen LogP contribution in [0, 0.1) is 11.7 Å². The molecule has 0 aromatic heterocycles. The van der Waals surface area contributed by atoms with Crippen molar-refractivity contribution in [3.63, 3.8) is 0 Å². The minimum atomic E-state index is -4.10. The molecule has 1 aliphatic carbocycles. The van der Waals surface area contributed by atoms with Crippen LogP contribution in [-0.4, -0.2) is 51.7 Å². The number of nitrogens with zero attached hydrogens (tertiary/aromatic N) is 1. The lowest BCUT2D eigenvalue weighted by atomic mass is 9.78. The summed E-state index contributed by atoms with van der Waals surface area (Å²) < 4.78 is 65.6. The maximum absolute atomic E-state index is 14.6. The van der Waals surface area contributed by atoms with Crippen molar-refractivity contribution in [2.75, 3.05) is 18.1 Å².